The first-order chi connectivity index (χ1) is 10.4. The maximum Gasteiger partial charge on any atom is 0.277 e. The van der Waals surface area contributed by atoms with Gasteiger partial charge in [0.2, 0.25) is 0 Å². The molecule has 3 rings (SSSR count). The molecule has 0 unspecified atom stereocenters. The Hall–Kier alpha value is -1.92. The van der Waals surface area contributed by atoms with Crippen molar-refractivity contribution >= 4 is 44.2 Å². The normalized spacial score (nSPS) is 11.3. The first-order valence-corrected chi connectivity index (χ1v) is 8.07. The topological polar surface area (TPSA) is 59.8 Å². The monoisotopic (exact) mass is 334 g/mol. The van der Waals surface area contributed by atoms with Crippen molar-refractivity contribution in [3.05, 3.63) is 40.7 Å². The lowest BCUT2D eigenvalue weighted by Crippen LogP contribution is -2.13. The number of rotatable bonds is 3. The molecule has 5 nitrogen and oxygen atoms in total. The third-order valence-corrected chi connectivity index (χ3v) is 4.38. The molecule has 1 N–H and O–H groups in total. The fourth-order valence-corrected chi connectivity index (χ4v) is 3.37. The molecule has 7 heteroatoms. The van der Waals surface area contributed by atoms with Gasteiger partial charge in [-0.15, -0.1) is 0 Å². The number of amides is 1. The number of hydrogen-bond donors (Lipinski definition) is 1. The highest BCUT2D eigenvalue weighted by Gasteiger charge is 2.15. The highest BCUT2D eigenvalue weighted by molar-refractivity contribution is 7.22. The van der Waals surface area contributed by atoms with Crippen molar-refractivity contribution < 1.29 is 4.79 Å². The van der Waals surface area contributed by atoms with E-state index in [1.807, 2.05) is 37.6 Å². The molecule has 22 heavy (non-hydrogen) atoms. The van der Waals surface area contributed by atoms with Gasteiger partial charge in [-0.3, -0.25) is 14.8 Å². The van der Waals surface area contributed by atoms with Gasteiger partial charge in [-0.1, -0.05) is 22.9 Å². The zero-order chi connectivity index (χ0) is 15.9. The molecule has 0 atom stereocenters. The van der Waals surface area contributed by atoms with Crippen LogP contribution in [-0.4, -0.2) is 20.7 Å². The summed E-state index contributed by atoms with van der Waals surface area (Å²) >= 11 is 7.35. The van der Waals surface area contributed by atoms with Crippen LogP contribution in [0.4, 0.5) is 5.13 Å². The summed E-state index contributed by atoms with van der Waals surface area (Å²) in [5.74, 6) is -0.257. The van der Waals surface area contributed by atoms with Crippen molar-refractivity contribution in [3.8, 4) is 0 Å². The highest BCUT2D eigenvalue weighted by Crippen LogP contribution is 2.28. The van der Waals surface area contributed by atoms with E-state index in [1.54, 1.807) is 12.1 Å². The maximum atomic E-state index is 12.3. The lowest BCUT2D eigenvalue weighted by molar-refractivity contribution is 0.102. The number of nitrogens with one attached hydrogen (secondary N) is 1. The number of anilines is 1. The van der Waals surface area contributed by atoms with Gasteiger partial charge in [0.05, 0.1) is 10.2 Å². The molecule has 0 bridgehead atoms. The summed E-state index contributed by atoms with van der Waals surface area (Å²) in [4.78, 5) is 16.7. The Labute approximate surface area is 136 Å². The molecule has 114 valence electrons. The summed E-state index contributed by atoms with van der Waals surface area (Å²) in [6.07, 6.45) is 0. The van der Waals surface area contributed by atoms with Gasteiger partial charge in [0.1, 0.15) is 0 Å². The van der Waals surface area contributed by atoms with Crippen LogP contribution in [0.15, 0.2) is 24.3 Å². The van der Waals surface area contributed by atoms with Crippen LogP contribution in [-0.2, 0) is 0 Å². The number of aryl methyl sites for hydroxylation is 1. The van der Waals surface area contributed by atoms with E-state index in [4.69, 9.17) is 11.6 Å². The molecule has 0 fully saturated rings. The van der Waals surface area contributed by atoms with Crippen molar-refractivity contribution in [2.24, 2.45) is 0 Å². The molecular formula is C15H15ClN4OS. The fourth-order valence-electron chi connectivity index (χ4n) is 2.23. The van der Waals surface area contributed by atoms with E-state index in [9.17, 15) is 4.79 Å². The molecule has 1 amide bonds. The highest BCUT2D eigenvalue weighted by atomic mass is 35.5. The first-order valence-electron chi connectivity index (χ1n) is 6.87. The number of carbonyl (C=O) groups excluding carboxylic acids is 1. The Bertz CT molecular complexity index is 852. The van der Waals surface area contributed by atoms with Gasteiger partial charge in [-0.2, -0.15) is 5.10 Å². The molecule has 0 spiro atoms. The molecule has 0 aliphatic rings. The minimum atomic E-state index is -0.257. The Balaban J connectivity index is 1.84. The number of aromatic nitrogens is 3. The van der Waals surface area contributed by atoms with Crippen molar-refractivity contribution in [2.45, 2.75) is 26.8 Å². The van der Waals surface area contributed by atoms with Crippen LogP contribution < -0.4 is 5.32 Å². The van der Waals surface area contributed by atoms with Gasteiger partial charge in [-0.05, 0) is 45.0 Å². The zero-order valence-corrected chi connectivity index (χ0v) is 14.0. The van der Waals surface area contributed by atoms with Crippen LogP contribution in [0.5, 0.6) is 0 Å². The maximum absolute atomic E-state index is 12.3. The van der Waals surface area contributed by atoms with E-state index in [1.165, 1.54) is 11.3 Å². The van der Waals surface area contributed by atoms with E-state index in [-0.39, 0.29) is 11.9 Å². The fraction of sp³-hybridized carbons (Fsp3) is 0.267. The zero-order valence-electron chi connectivity index (χ0n) is 12.4. The van der Waals surface area contributed by atoms with E-state index in [0.717, 1.165) is 15.9 Å². The minimum Gasteiger partial charge on any atom is -0.296 e. The van der Waals surface area contributed by atoms with Gasteiger partial charge in [0.15, 0.2) is 10.8 Å². The van der Waals surface area contributed by atoms with Crippen LogP contribution in [0.1, 0.15) is 36.1 Å². The molecule has 0 aliphatic heterocycles. The van der Waals surface area contributed by atoms with E-state index >= 15 is 0 Å². The van der Waals surface area contributed by atoms with Crippen LogP contribution in [0.25, 0.3) is 10.2 Å². The second-order valence-corrected chi connectivity index (χ2v) is 6.76. The second kappa shape index (κ2) is 5.70. The number of carbonyl (C=O) groups is 1. The largest absolute Gasteiger partial charge is 0.296 e. The lowest BCUT2D eigenvalue weighted by atomic mass is 10.3. The third kappa shape index (κ3) is 2.84. The molecule has 2 aromatic heterocycles. The smallest absolute Gasteiger partial charge is 0.277 e. The molecule has 0 radical (unpaired) electrons. The Morgan fingerprint density at radius 2 is 2.14 bits per heavy atom. The molecular weight excluding hydrogens is 320 g/mol. The van der Waals surface area contributed by atoms with Gasteiger partial charge >= 0.3 is 0 Å². The number of hydrogen-bond acceptors (Lipinski definition) is 4. The van der Waals surface area contributed by atoms with E-state index < -0.39 is 0 Å². The summed E-state index contributed by atoms with van der Waals surface area (Å²) in [7, 11) is 0. The molecule has 0 aliphatic carbocycles. The van der Waals surface area contributed by atoms with Gasteiger partial charge in [0.25, 0.3) is 5.91 Å². The number of thiazole rings is 1. The first kappa shape index (κ1) is 15.0. The Kier molecular flexibility index (Phi) is 3.88. The van der Waals surface area contributed by atoms with Crippen molar-refractivity contribution in [1.82, 2.24) is 14.8 Å². The van der Waals surface area contributed by atoms with Crippen LogP contribution >= 0.6 is 22.9 Å². The summed E-state index contributed by atoms with van der Waals surface area (Å²) in [6.45, 7) is 5.99. The van der Waals surface area contributed by atoms with Crippen LogP contribution in [0, 0.1) is 6.92 Å². The predicted octanol–water partition coefficient (Wildman–Crippen LogP) is 4.29. The molecule has 0 saturated carbocycles. The van der Waals surface area contributed by atoms with E-state index in [0.29, 0.717) is 15.8 Å². The van der Waals surface area contributed by atoms with Crippen molar-refractivity contribution in [1.29, 1.82) is 0 Å². The summed E-state index contributed by atoms with van der Waals surface area (Å²) in [6, 6.07) is 7.44. The molecule has 3 aromatic rings. The molecule has 1 aromatic carbocycles. The summed E-state index contributed by atoms with van der Waals surface area (Å²) in [5, 5.41) is 8.32. The van der Waals surface area contributed by atoms with Crippen molar-refractivity contribution in [2.75, 3.05) is 5.32 Å². The van der Waals surface area contributed by atoms with Crippen LogP contribution in [0.2, 0.25) is 5.02 Å². The van der Waals surface area contributed by atoms with Crippen molar-refractivity contribution in [3.63, 3.8) is 0 Å². The molecule has 0 saturated heterocycles. The predicted molar refractivity (Wildman–Crippen MR) is 89.9 cm³/mol. The molecule has 2 heterocycles. The Morgan fingerprint density at radius 1 is 1.36 bits per heavy atom. The van der Waals surface area contributed by atoms with Gasteiger partial charge < -0.3 is 0 Å². The summed E-state index contributed by atoms with van der Waals surface area (Å²) < 4.78 is 2.76. The average molecular weight is 335 g/mol. The van der Waals surface area contributed by atoms with Crippen LogP contribution in [0.3, 0.4) is 0 Å². The SMILES string of the molecule is Cc1cc(C(=O)Nc2nc3ccc(Cl)cc3s2)nn1C(C)C. The second-order valence-electron chi connectivity index (χ2n) is 5.29. The number of nitrogens with zero attached hydrogens (tertiary/aromatic N) is 3. The van der Waals surface area contributed by atoms with Gasteiger partial charge in [0, 0.05) is 16.8 Å². The number of benzene rings is 1. The third-order valence-electron chi connectivity index (χ3n) is 3.22. The lowest BCUT2D eigenvalue weighted by Gasteiger charge is -2.06. The quantitative estimate of drug-likeness (QED) is 0.777. The number of fused-ring (bicyclic) bond motifs is 1. The summed E-state index contributed by atoms with van der Waals surface area (Å²) in [5.41, 5.74) is 2.16. The van der Waals surface area contributed by atoms with E-state index in [2.05, 4.69) is 15.4 Å². The number of halogens is 1. The standard InChI is InChI=1S/C15H15ClN4OS/c1-8(2)20-9(3)6-12(19-20)14(21)18-15-17-11-5-4-10(16)7-13(11)22-15/h4-8H,1-3H3,(H,17,18,21). The minimum absolute atomic E-state index is 0.214. The van der Waals surface area contributed by atoms with Gasteiger partial charge in [-0.25, -0.2) is 4.98 Å². The average Bonchev–Trinajstić information content (AvgIpc) is 3.01. The Morgan fingerprint density at radius 3 is 2.82 bits per heavy atom.